The van der Waals surface area contributed by atoms with Crippen molar-refractivity contribution in [3.8, 4) is 5.75 Å². The van der Waals surface area contributed by atoms with Crippen LogP contribution in [0.25, 0.3) is 11.0 Å². The zero-order chi connectivity index (χ0) is 17.9. The van der Waals surface area contributed by atoms with Gasteiger partial charge >= 0.3 is 0 Å². The summed E-state index contributed by atoms with van der Waals surface area (Å²) < 4.78 is 5.61. The Kier molecular flexibility index (Phi) is 4.98. The van der Waals surface area contributed by atoms with Gasteiger partial charge in [0.1, 0.15) is 11.3 Å². The molecule has 0 unspecified atom stereocenters. The molecule has 3 aromatic rings. The minimum Gasteiger partial charge on any atom is -0.508 e. The number of hydrogen-bond acceptors (Lipinski definition) is 3. The second-order valence-electron chi connectivity index (χ2n) is 7.43. The fourth-order valence-corrected chi connectivity index (χ4v) is 4.26. The van der Waals surface area contributed by atoms with E-state index in [0.29, 0.717) is 11.8 Å². The van der Waals surface area contributed by atoms with Crippen molar-refractivity contribution in [2.45, 2.75) is 45.1 Å². The molecule has 0 fully saturated rings. The first kappa shape index (κ1) is 17.2. The van der Waals surface area contributed by atoms with Crippen molar-refractivity contribution >= 4 is 11.0 Å². The molecule has 4 rings (SSSR count). The third-order valence-corrected chi connectivity index (χ3v) is 5.60. The fraction of sp³-hybridized carbons (Fsp3) is 0.391. The Labute approximate surface area is 155 Å². The predicted octanol–water partition coefficient (Wildman–Crippen LogP) is 4.95. The number of benzene rings is 2. The Morgan fingerprint density at radius 1 is 1.12 bits per heavy atom. The van der Waals surface area contributed by atoms with E-state index in [9.17, 15) is 5.11 Å². The number of hydrogen-bond donors (Lipinski definition) is 1. The average molecular weight is 349 g/mol. The first-order valence-corrected chi connectivity index (χ1v) is 9.74. The van der Waals surface area contributed by atoms with Crippen LogP contribution in [0.2, 0.25) is 0 Å². The molecule has 0 bridgehead atoms. The van der Waals surface area contributed by atoms with Gasteiger partial charge in [-0.15, -0.1) is 0 Å². The van der Waals surface area contributed by atoms with Crippen molar-refractivity contribution in [2.24, 2.45) is 0 Å². The summed E-state index contributed by atoms with van der Waals surface area (Å²) in [5.41, 5.74) is 5.15. The van der Waals surface area contributed by atoms with E-state index in [1.165, 1.54) is 34.9 Å². The van der Waals surface area contributed by atoms with Crippen LogP contribution >= 0.6 is 0 Å². The Morgan fingerprint density at radius 2 is 2.04 bits per heavy atom. The lowest BCUT2D eigenvalue weighted by Gasteiger charge is -2.35. The summed E-state index contributed by atoms with van der Waals surface area (Å²) in [5.74, 6) is 0.360. The molecule has 0 aliphatic heterocycles. The summed E-state index contributed by atoms with van der Waals surface area (Å²) in [6.07, 6.45) is 7.40. The Balaban J connectivity index is 1.48. The lowest BCUT2D eigenvalue weighted by atomic mass is 9.86. The minimum atomic E-state index is 0.360. The Bertz CT molecular complexity index is 883. The first-order valence-electron chi connectivity index (χ1n) is 9.74. The molecular formula is C23H27NO2. The van der Waals surface area contributed by atoms with Gasteiger partial charge in [0, 0.05) is 18.0 Å². The highest BCUT2D eigenvalue weighted by Crippen LogP contribution is 2.29. The summed E-state index contributed by atoms with van der Waals surface area (Å²) >= 11 is 0. The zero-order valence-corrected chi connectivity index (χ0v) is 15.4. The third-order valence-electron chi connectivity index (χ3n) is 5.60. The molecule has 1 aliphatic carbocycles. The van der Waals surface area contributed by atoms with Crippen LogP contribution in [-0.4, -0.2) is 29.1 Å². The van der Waals surface area contributed by atoms with Gasteiger partial charge in [0.15, 0.2) is 0 Å². The van der Waals surface area contributed by atoms with Crippen LogP contribution in [0.15, 0.2) is 53.1 Å². The van der Waals surface area contributed by atoms with Crippen molar-refractivity contribution in [3.05, 3.63) is 65.4 Å². The van der Waals surface area contributed by atoms with Crippen LogP contribution < -0.4 is 0 Å². The monoisotopic (exact) mass is 349 g/mol. The van der Waals surface area contributed by atoms with Crippen LogP contribution in [0.3, 0.4) is 0 Å². The molecule has 1 heterocycles. The average Bonchev–Trinajstić information content (AvgIpc) is 3.10. The third kappa shape index (κ3) is 3.63. The SMILES string of the molecule is CCCN(CCc1cccc(O)c1)[C@H]1CCc2cc3ccoc3cc2C1. The van der Waals surface area contributed by atoms with E-state index in [4.69, 9.17) is 4.42 Å². The second kappa shape index (κ2) is 7.55. The number of nitrogens with zero attached hydrogens (tertiary/aromatic N) is 1. The summed E-state index contributed by atoms with van der Waals surface area (Å²) in [6, 6.07) is 14.9. The molecule has 1 aromatic heterocycles. The fourth-order valence-electron chi connectivity index (χ4n) is 4.26. The van der Waals surface area contributed by atoms with E-state index in [-0.39, 0.29) is 0 Å². The van der Waals surface area contributed by atoms with Gasteiger partial charge in [-0.2, -0.15) is 0 Å². The van der Waals surface area contributed by atoms with E-state index in [1.807, 2.05) is 12.1 Å². The van der Waals surface area contributed by atoms with Crippen molar-refractivity contribution in [1.82, 2.24) is 4.90 Å². The molecule has 136 valence electrons. The highest BCUT2D eigenvalue weighted by molar-refractivity contribution is 5.79. The maximum absolute atomic E-state index is 9.69. The molecule has 0 radical (unpaired) electrons. The maximum atomic E-state index is 9.69. The largest absolute Gasteiger partial charge is 0.508 e. The van der Waals surface area contributed by atoms with Crippen molar-refractivity contribution in [3.63, 3.8) is 0 Å². The van der Waals surface area contributed by atoms with Crippen LogP contribution in [0.4, 0.5) is 0 Å². The zero-order valence-electron chi connectivity index (χ0n) is 15.4. The smallest absolute Gasteiger partial charge is 0.134 e. The molecule has 3 heteroatoms. The number of aromatic hydroxyl groups is 1. The molecular weight excluding hydrogens is 322 g/mol. The quantitative estimate of drug-likeness (QED) is 0.684. The van der Waals surface area contributed by atoms with Crippen molar-refractivity contribution in [1.29, 1.82) is 0 Å². The van der Waals surface area contributed by atoms with E-state index in [0.717, 1.165) is 37.9 Å². The van der Waals surface area contributed by atoms with Gasteiger partial charge in [0.2, 0.25) is 0 Å². The lowest BCUT2D eigenvalue weighted by molar-refractivity contribution is 0.182. The molecule has 3 nitrogen and oxygen atoms in total. The molecule has 1 aliphatic rings. The Hall–Kier alpha value is -2.26. The molecule has 0 spiro atoms. The molecule has 1 atom stereocenters. The number of phenolic OH excluding ortho intramolecular Hbond substituents is 1. The van der Waals surface area contributed by atoms with Crippen LogP contribution in [-0.2, 0) is 19.3 Å². The van der Waals surface area contributed by atoms with Gasteiger partial charge in [-0.1, -0.05) is 19.1 Å². The summed E-state index contributed by atoms with van der Waals surface area (Å²) in [6.45, 7) is 4.42. The highest BCUT2D eigenvalue weighted by atomic mass is 16.3. The maximum Gasteiger partial charge on any atom is 0.134 e. The normalized spacial score (nSPS) is 16.9. The van der Waals surface area contributed by atoms with Crippen LogP contribution in [0.5, 0.6) is 5.75 Å². The number of furan rings is 1. The van der Waals surface area contributed by atoms with Crippen molar-refractivity contribution in [2.75, 3.05) is 13.1 Å². The molecule has 2 aromatic carbocycles. The highest BCUT2D eigenvalue weighted by Gasteiger charge is 2.24. The number of rotatable bonds is 6. The number of phenols is 1. The molecule has 26 heavy (non-hydrogen) atoms. The van der Waals surface area contributed by atoms with Gasteiger partial charge in [-0.3, -0.25) is 4.90 Å². The van der Waals surface area contributed by atoms with Gasteiger partial charge < -0.3 is 9.52 Å². The molecule has 0 saturated heterocycles. The predicted molar refractivity (Wildman–Crippen MR) is 106 cm³/mol. The van der Waals surface area contributed by atoms with Crippen LogP contribution in [0, 0.1) is 0 Å². The molecule has 0 amide bonds. The van der Waals surface area contributed by atoms with Crippen molar-refractivity contribution < 1.29 is 9.52 Å². The second-order valence-corrected chi connectivity index (χ2v) is 7.43. The summed E-state index contributed by atoms with van der Waals surface area (Å²) in [4.78, 5) is 2.64. The first-order chi connectivity index (χ1) is 12.7. The summed E-state index contributed by atoms with van der Waals surface area (Å²) in [7, 11) is 0. The van der Waals surface area contributed by atoms with E-state index in [1.54, 1.807) is 12.3 Å². The van der Waals surface area contributed by atoms with Gasteiger partial charge in [-0.25, -0.2) is 0 Å². The number of fused-ring (bicyclic) bond motifs is 2. The van der Waals surface area contributed by atoms with E-state index >= 15 is 0 Å². The van der Waals surface area contributed by atoms with Gasteiger partial charge in [-0.05, 0) is 85.7 Å². The lowest BCUT2D eigenvalue weighted by Crippen LogP contribution is -2.41. The number of aryl methyl sites for hydroxylation is 1. The van der Waals surface area contributed by atoms with Gasteiger partial charge in [0.25, 0.3) is 0 Å². The minimum absolute atomic E-state index is 0.360. The molecule has 0 saturated carbocycles. The Morgan fingerprint density at radius 3 is 2.88 bits per heavy atom. The van der Waals surface area contributed by atoms with Gasteiger partial charge in [0.05, 0.1) is 6.26 Å². The summed E-state index contributed by atoms with van der Waals surface area (Å²) in [5, 5.41) is 10.9. The standard InChI is InChI=1S/C23H27NO2/c1-2-10-24(11-8-17-4-3-5-22(25)13-17)21-7-6-18-14-19-9-12-26-23(19)16-20(18)15-21/h3-5,9,12-14,16,21,25H,2,6-8,10-11,15H2,1H3/t21-/m0/s1. The van der Waals surface area contributed by atoms with E-state index < -0.39 is 0 Å². The topological polar surface area (TPSA) is 36.6 Å². The van der Waals surface area contributed by atoms with E-state index in [2.05, 4.69) is 36.1 Å². The molecule has 1 N–H and O–H groups in total. The van der Waals surface area contributed by atoms with Crippen LogP contribution in [0.1, 0.15) is 36.5 Å².